The van der Waals surface area contributed by atoms with Crippen LogP contribution in [-0.2, 0) is 14.3 Å². The molecular weight excluding hydrogens is 242 g/mol. The zero-order valence-corrected chi connectivity index (χ0v) is 11.2. The van der Waals surface area contributed by atoms with Crippen LogP contribution in [0.5, 0.6) is 0 Å². The number of ether oxygens (including phenoxy) is 1. The Balaban J connectivity index is 2.41. The first-order valence-corrected chi connectivity index (χ1v) is 6.43. The topological polar surface area (TPSA) is 55.4 Å². The van der Waals surface area contributed by atoms with Gasteiger partial charge in [0.1, 0.15) is 5.38 Å². The average Bonchev–Trinajstić information content (AvgIpc) is 2.35. The van der Waals surface area contributed by atoms with E-state index in [1.807, 2.05) is 6.92 Å². The number of halogens is 1. The summed E-state index contributed by atoms with van der Waals surface area (Å²) in [5.74, 6) is -0.521. The standard InChI is InChI=1S/C12H20ClNO3/c1-12(6-4-3-5-7-12)11(16)14-8-9(13)10(15)17-2/h9H,3-8H2,1-2H3,(H,14,16). The maximum absolute atomic E-state index is 12.0. The molecule has 1 aliphatic rings. The summed E-state index contributed by atoms with van der Waals surface area (Å²) in [6, 6.07) is 0. The summed E-state index contributed by atoms with van der Waals surface area (Å²) in [5, 5.41) is 1.93. The van der Waals surface area contributed by atoms with Crippen molar-refractivity contribution in [3.05, 3.63) is 0 Å². The quantitative estimate of drug-likeness (QED) is 0.621. The number of hydrogen-bond acceptors (Lipinski definition) is 3. The van der Waals surface area contributed by atoms with Gasteiger partial charge in [-0.2, -0.15) is 0 Å². The molecule has 4 nitrogen and oxygen atoms in total. The van der Waals surface area contributed by atoms with Gasteiger partial charge in [0.2, 0.25) is 5.91 Å². The first-order valence-electron chi connectivity index (χ1n) is 6.00. The first-order chi connectivity index (χ1) is 7.99. The van der Waals surface area contributed by atoms with E-state index in [9.17, 15) is 9.59 Å². The lowest BCUT2D eigenvalue weighted by atomic mass is 9.75. The average molecular weight is 262 g/mol. The van der Waals surface area contributed by atoms with E-state index in [-0.39, 0.29) is 17.9 Å². The minimum atomic E-state index is -0.809. The van der Waals surface area contributed by atoms with E-state index in [1.54, 1.807) is 0 Å². The van der Waals surface area contributed by atoms with Crippen molar-refractivity contribution in [3.63, 3.8) is 0 Å². The van der Waals surface area contributed by atoms with Crippen molar-refractivity contribution in [1.82, 2.24) is 5.32 Å². The van der Waals surface area contributed by atoms with E-state index in [4.69, 9.17) is 11.6 Å². The van der Waals surface area contributed by atoms with Gasteiger partial charge in [0, 0.05) is 12.0 Å². The van der Waals surface area contributed by atoms with E-state index in [1.165, 1.54) is 13.5 Å². The van der Waals surface area contributed by atoms with Crippen LogP contribution >= 0.6 is 11.6 Å². The molecule has 1 atom stereocenters. The van der Waals surface area contributed by atoms with Crippen LogP contribution in [0.2, 0.25) is 0 Å². The van der Waals surface area contributed by atoms with Crippen LogP contribution in [0.4, 0.5) is 0 Å². The molecule has 1 rings (SSSR count). The summed E-state index contributed by atoms with van der Waals surface area (Å²) < 4.78 is 4.49. The molecule has 1 aliphatic carbocycles. The molecule has 5 heteroatoms. The summed E-state index contributed by atoms with van der Waals surface area (Å²) in [6.07, 6.45) is 5.19. The number of alkyl halides is 1. The molecule has 1 amide bonds. The summed E-state index contributed by atoms with van der Waals surface area (Å²) >= 11 is 5.77. The smallest absolute Gasteiger partial charge is 0.325 e. The second-order valence-corrected chi connectivity index (χ2v) is 5.35. The fraction of sp³-hybridized carbons (Fsp3) is 0.833. The number of carbonyl (C=O) groups excluding carboxylic acids is 2. The molecule has 1 unspecified atom stereocenters. The first kappa shape index (κ1) is 14.3. The largest absolute Gasteiger partial charge is 0.468 e. The van der Waals surface area contributed by atoms with Gasteiger partial charge in [-0.25, -0.2) is 0 Å². The lowest BCUT2D eigenvalue weighted by Gasteiger charge is -2.32. The van der Waals surface area contributed by atoms with Crippen LogP contribution in [0.15, 0.2) is 0 Å². The summed E-state index contributed by atoms with van der Waals surface area (Å²) in [6.45, 7) is 2.10. The molecule has 0 aromatic heterocycles. The van der Waals surface area contributed by atoms with E-state index in [2.05, 4.69) is 10.1 Å². The molecule has 0 saturated heterocycles. The van der Waals surface area contributed by atoms with Gasteiger partial charge in [0.05, 0.1) is 7.11 Å². The fourth-order valence-electron chi connectivity index (χ4n) is 2.17. The molecule has 0 radical (unpaired) electrons. The molecule has 1 fully saturated rings. The van der Waals surface area contributed by atoms with Crippen molar-refractivity contribution in [2.24, 2.45) is 5.41 Å². The van der Waals surface area contributed by atoms with Crippen molar-refractivity contribution in [2.75, 3.05) is 13.7 Å². The van der Waals surface area contributed by atoms with Crippen molar-refractivity contribution < 1.29 is 14.3 Å². The number of rotatable bonds is 4. The van der Waals surface area contributed by atoms with Gasteiger partial charge >= 0.3 is 5.97 Å². The molecule has 0 aliphatic heterocycles. The SMILES string of the molecule is COC(=O)C(Cl)CNC(=O)C1(C)CCCCC1. The van der Waals surface area contributed by atoms with Gasteiger partial charge in [-0.3, -0.25) is 9.59 Å². The minimum absolute atomic E-state index is 0.00764. The maximum Gasteiger partial charge on any atom is 0.325 e. The Morgan fingerprint density at radius 3 is 2.47 bits per heavy atom. The highest BCUT2D eigenvalue weighted by Crippen LogP contribution is 2.35. The summed E-state index contributed by atoms with van der Waals surface area (Å²) in [5.41, 5.74) is -0.301. The van der Waals surface area contributed by atoms with Crippen LogP contribution in [-0.4, -0.2) is 30.9 Å². The second-order valence-electron chi connectivity index (χ2n) is 4.82. The van der Waals surface area contributed by atoms with Gasteiger partial charge < -0.3 is 10.1 Å². The number of amides is 1. The van der Waals surface area contributed by atoms with E-state index in [0.717, 1.165) is 25.7 Å². The molecule has 0 heterocycles. The van der Waals surface area contributed by atoms with E-state index < -0.39 is 11.3 Å². The normalized spacial score (nSPS) is 20.4. The van der Waals surface area contributed by atoms with Crippen LogP contribution in [0.1, 0.15) is 39.0 Å². The third kappa shape index (κ3) is 3.87. The lowest BCUT2D eigenvalue weighted by molar-refractivity contribution is -0.140. The number of hydrogen-bond donors (Lipinski definition) is 1. The molecule has 0 bridgehead atoms. The molecular formula is C12H20ClNO3. The maximum atomic E-state index is 12.0. The van der Waals surface area contributed by atoms with Crippen molar-refractivity contribution in [3.8, 4) is 0 Å². The Bertz CT molecular complexity index is 287. The Hall–Kier alpha value is -0.770. The summed E-state index contributed by atoms with van der Waals surface area (Å²) in [4.78, 5) is 23.1. The highest BCUT2D eigenvalue weighted by atomic mass is 35.5. The van der Waals surface area contributed by atoms with E-state index in [0.29, 0.717) is 0 Å². The Morgan fingerprint density at radius 1 is 1.35 bits per heavy atom. The molecule has 1 saturated carbocycles. The predicted molar refractivity (Wildman–Crippen MR) is 65.9 cm³/mol. The monoisotopic (exact) mass is 261 g/mol. The van der Waals surface area contributed by atoms with Crippen LogP contribution in [0.25, 0.3) is 0 Å². The van der Waals surface area contributed by atoms with E-state index >= 15 is 0 Å². The van der Waals surface area contributed by atoms with Crippen molar-refractivity contribution in [2.45, 2.75) is 44.4 Å². The van der Waals surface area contributed by atoms with Gasteiger partial charge in [0.25, 0.3) is 0 Å². The Labute approximate surface area is 107 Å². The molecule has 0 aromatic rings. The van der Waals surface area contributed by atoms with Gasteiger partial charge in [0.15, 0.2) is 0 Å². The van der Waals surface area contributed by atoms with Crippen LogP contribution < -0.4 is 5.32 Å². The second kappa shape index (κ2) is 6.24. The minimum Gasteiger partial charge on any atom is -0.468 e. The molecule has 0 spiro atoms. The summed E-state index contributed by atoms with van der Waals surface area (Å²) in [7, 11) is 1.28. The van der Waals surface area contributed by atoms with Crippen molar-refractivity contribution >= 4 is 23.5 Å². The van der Waals surface area contributed by atoms with Gasteiger partial charge in [-0.05, 0) is 12.8 Å². The molecule has 17 heavy (non-hydrogen) atoms. The Kier molecular flexibility index (Phi) is 5.25. The van der Waals surface area contributed by atoms with Gasteiger partial charge in [-0.15, -0.1) is 11.6 Å². The highest BCUT2D eigenvalue weighted by Gasteiger charge is 2.34. The number of nitrogens with one attached hydrogen (secondary N) is 1. The number of methoxy groups -OCH3 is 1. The molecule has 98 valence electrons. The van der Waals surface area contributed by atoms with Crippen molar-refractivity contribution in [1.29, 1.82) is 0 Å². The Morgan fingerprint density at radius 2 is 1.94 bits per heavy atom. The van der Waals surface area contributed by atoms with Crippen LogP contribution in [0.3, 0.4) is 0 Å². The third-order valence-corrected chi connectivity index (χ3v) is 3.74. The van der Waals surface area contributed by atoms with Gasteiger partial charge in [-0.1, -0.05) is 26.2 Å². The zero-order valence-electron chi connectivity index (χ0n) is 10.4. The number of esters is 1. The highest BCUT2D eigenvalue weighted by molar-refractivity contribution is 6.30. The third-order valence-electron chi connectivity index (χ3n) is 3.40. The zero-order chi connectivity index (χ0) is 12.9. The fourth-order valence-corrected chi connectivity index (χ4v) is 2.33. The lowest BCUT2D eigenvalue weighted by Crippen LogP contribution is -2.43. The predicted octanol–water partition coefficient (Wildman–Crippen LogP) is 1.85. The number of carbonyl (C=O) groups is 2. The molecule has 1 N–H and O–H groups in total. The molecule has 0 aromatic carbocycles. The van der Waals surface area contributed by atoms with Crippen LogP contribution in [0, 0.1) is 5.41 Å².